The van der Waals surface area contributed by atoms with Crippen LogP contribution >= 0.6 is 11.6 Å². The van der Waals surface area contributed by atoms with Crippen molar-refractivity contribution < 1.29 is 22.7 Å². The third kappa shape index (κ3) is 3.60. The highest BCUT2D eigenvalue weighted by atomic mass is 35.5. The number of carbonyl (C=O) groups is 1. The van der Waals surface area contributed by atoms with E-state index in [-0.39, 0.29) is 30.0 Å². The topological polar surface area (TPSA) is 39.2 Å². The van der Waals surface area contributed by atoms with E-state index in [4.69, 9.17) is 11.6 Å². The van der Waals surface area contributed by atoms with Gasteiger partial charge in [0.1, 0.15) is 5.69 Å². The summed E-state index contributed by atoms with van der Waals surface area (Å²) in [5.41, 5.74) is -0.795. The van der Waals surface area contributed by atoms with Crippen molar-refractivity contribution >= 4 is 17.6 Å². The molecule has 0 unspecified atom stereocenters. The zero-order chi connectivity index (χ0) is 13.7. The Hall–Kier alpha value is -1.30. The van der Waals surface area contributed by atoms with E-state index in [1.54, 1.807) is 6.92 Å². The van der Waals surface area contributed by atoms with E-state index in [2.05, 4.69) is 9.72 Å². The molecule has 0 saturated carbocycles. The Balaban J connectivity index is 3.04. The molecule has 0 aliphatic rings. The number of ether oxygens (including phenoxy) is 1. The zero-order valence-corrected chi connectivity index (χ0v) is 10.3. The molecule has 3 nitrogen and oxygen atoms in total. The second kappa shape index (κ2) is 6.58. The quantitative estimate of drug-likeness (QED) is 0.473. The van der Waals surface area contributed by atoms with Crippen LogP contribution in [0.15, 0.2) is 6.07 Å². The van der Waals surface area contributed by atoms with Crippen LogP contribution in [0.2, 0.25) is 0 Å². The summed E-state index contributed by atoms with van der Waals surface area (Å²) in [4.78, 5) is 14.3. The largest absolute Gasteiger partial charge is 0.466 e. The molecule has 0 saturated heterocycles. The first kappa shape index (κ1) is 14.8. The molecule has 0 N–H and O–H groups in total. The van der Waals surface area contributed by atoms with Gasteiger partial charge in [0.2, 0.25) is 5.95 Å². The Morgan fingerprint density at radius 2 is 2.17 bits per heavy atom. The Morgan fingerprint density at radius 3 is 2.67 bits per heavy atom. The molecule has 0 spiro atoms. The predicted molar refractivity (Wildman–Crippen MR) is 59.0 cm³/mol. The molecule has 1 aromatic rings. The smallest absolute Gasteiger partial charge is 0.310 e. The van der Waals surface area contributed by atoms with Crippen LogP contribution in [0.5, 0.6) is 0 Å². The average molecular weight is 282 g/mol. The lowest BCUT2D eigenvalue weighted by molar-refractivity contribution is -0.142. The van der Waals surface area contributed by atoms with E-state index in [1.807, 2.05) is 0 Å². The number of hydrogen-bond donors (Lipinski definition) is 0. The maximum atomic E-state index is 13.4. The Kier molecular flexibility index (Phi) is 5.40. The van der Waals surface area contributed by atoms with E-state index in [9.17, 15) is 18.0 Å². The van der Waals surface area contributed by atoms with Crippen LogP contribution in [0.1, 0.15) is 30.2 Å². The molecule has 0 fully saturated rings. The van der Waals surface area contributed by atoms with Gasteiger partial charge >= 0.3 is 5.97 Å². The van der Waals surface area contributed by atoms with Crippen LogP contribution in [0.25, 0.3) is 0 Å². The van der Waals surface area contributed by atoms with Gasteiger partial charge in [0.05, 0.1) is 13.0 Å². The Bertz CT molecular complexity index is 441. The molecule has 0 aliphatic heterocycles. The fourth-order valence-corrected chi connectivity index (χ4v) is 1.59. The second-order valence-electron chi connectivity index (χ2n) is 3.40. The number of nitrogens with zero attached hydrogens (tertiary/aromatic N) is 1. The molecule has 0 aliphatic carbocycles. The summed E-state index contributed by atoms with van der Waals surface area (Å²) >= 11 is 5.49. The highest BCUT2D eigenvalue weighted by Gasteiger charge is 2.19. The third-order valence-corrected chi connectivity index (χ3v) is 2.44. The average Bonchev–Trinajstić information content (AvgIpc) is 2.31. The number of alkyl halides is 3. The predicted octanol–water partition coefficient (Wildman–Crippen LogP) is 3.00. The number of aromatic nitrogens is 1. The molecule has 0 aromatic carbocycles. The van der Waals surface area contributed by atoms with Gasteiger partial charge in [-0.15, -0.1) is 11.6 Å². The Morgan fingerprint density at radius 1 is 1.50 bits per heavy atom. The maximum Gasteiger partial charge on any atom is 0.310 e. The van der Waals surface area contributed by atoms with Gasteiger partial charge in [-0.3, -0.25) is 4.79 Å². The summed E-state index contributed by atoms with van der Waals surface area (Å²) < 4.78 is 43.1. The van der Waals surface area contributed by atoms with Gasteiger partial charge < -0.3 is 4.74 Å². The molecule has 1 rings (SSSR count). The molecule has 0 bridgehead atoms. The molecule has 7 heteroatoms. The van der Waals surface area contributed by atoms with Crippen LogP contribution in [0.4, 0.5) is 13.2 Å². The van der Waals surface area contributed by atoms with Crippen LogP contribution in [-0.4, -0.2) is 17.6 Å². The number of carbonyl (C=O) groups excluding carboxylic acids is 1. The number of hydrogen-bond acceptors (Lipinski definition) is 3. The van der Waals surface area contributed by atoms with E-state index in [1.165, 1.54) is 0 Å². The van der Waals surface area contributed by atoms with Gasteiger partial charge in [-0.05, 0) is 18.6 Å². The summed E-state index contributed by atoms with van der Waals surface area (Å²) in [5.74, 6) is -1.99. The van der Waals surface area contributed by atoms with Crippen molar-refractivity contribution in [3.8, 4) is 0 Å². The van der Waals surface area contributed by atoms with Gasteiger partial charge in [-0.1, -0.05) is 0 Å². The first-order valence-electron chi connectivity index (χ1n) is 5.17. The van der Waals surface area contributed by atoms with Gasteiger partial charge in [0.25, 0.3) is 6.43 Å². The fourth-order valence-electron chi connectivity index (χ4n) is 1.38. The molecule has 100 valence electrons. The normalized spacial score (nSPS) is 10.8. The number of halogens is 4. The molecule has 18 heavy (non-hydrogen) atoms. The number of esters is 1. The molecule has 0 amide bonds. The second-order valence-corrected chi connectivity index (χ2v) is 3.67. The van der Waals surface area contributed by atoms with Crippen molar-refractivity contribution in [1.82, 2.24) is 4.98 Å². The van der Waals surface area contributed by atoms with Crippen LogP contribution in [-0.2, 0) is 21.8 Å². The van der Waals surface area contributed by atoms with Crippen molar-refractivity contribution in [3.63, 3.8) is 0 Å². The fraction of sp³-hybridized carbons (Fsp3) is 0.455. The molecule has 1 heterocycles. The molecular weight excluding hydrogens is 271 g/mol. The van der Waals surface area contributed by atoms with Crippen LogP contribution in [0, 0.1) is 5.95 Å². The summed E-state index contributed by atoms with van der Waals surface area (Å²) in [6.07, 6.45) is -3.27. The summed E-state index contributed by atoms with van der Waals surface area (Å²) in [5, 5.41) is 0. The van der Waals surface area contributed by atoms with E-state index in [0.29, 0.717) is 0 Å². The molecule has 0 radical (unpaired) electrons. The Labute approximate surface area is 107 Å². The minimum absolute atomic E-state index is 0.00682. The monoisotopic (exact) mass is 281 g/mol. The van der Waals surface area contributed by atoms with E-state index in [0.717, 1.165) is 6.07 Å². The zero-order valence-electron chi connectivity index (χ0n) is 9.55. The minimum atomic E-state index is -2.91. The molecular formula is C11H11ClF3NO2. The summed E-state index contributed by atoms with van der Waals surface area (Å²) in [6, 6.07) is 1.12. The van der Waals surface area contributed by atoms with Gasteiger partial charge in [-0.2, -0.15) is 4.39 Å². The minimum Gasteiger partial charge on any atom is -0.466 e. The number of pyridine rings is 1. The van der Waals surface area contributed by atoms with Gasteiger partial charge in [0.15, 0.2) is 0 Å². The highest BCUT2D eigenvalue weighted by molar-refractivity contribution is 6.17. The van der Waals surface area contributed by atoms with Crippen molar-refractivity contribution in [1.29, 1.82) is 0 Å². The van der Waals surface area contributed by atoms with Crippen molar-refractivity contribution in [2.24, 2.45) is 0 Å². The lowest BCUT2D eigenvalue weighted by Crippen LogP contribution is -2.11. The lowest BCUT2D eigenvalue weighted by Gasteiger charge is -2.09. The summed E-state index contributed by atoms with van der Waals surface area (Å²) in [6.45, 7) is 1.77. The first-order chi connectivity index (χ1) is 8.49. The SMILES string of the molecule is CCOC(=O)Cc1cc(CCl)c(C(F)F)nc1F. The van der Waals surface area contributed by atoms with Crippen molar-refractivity contribution in [2.75, 3.05) is 6.61 Å². The molecule has 1 aromatic heterocycles. The lowest BCUT2D eigenvalue weighted by atomic mass is 10.1. The standard InChI is InChI=1S/C11H11ClF3NO2/c1-2-18-8(17)4-6-3-7(5-12)9(10(13)14)16-11(6)15/h3,10H,2,4-5H2,1H3. The number of rotatable bonds is 5. The van der Waals surface area contributed by atoms with Crippen molar-refractivity contribution in [3.05, 3.63) is 28.8 Å². The summed E-state index contributed by atoms with van der Waals surface area (Å²) in [7, 11) is 0. The van der Waals surface area contributed by atoms with Gasteiger partial charge in [-0.25, -0.2) is 13.8 Å². The first-order valence-corrected chi connectivity index (χ1v) is 5.71. The molecule has 0 atom stereocenters. The van der Waals surface area contributed by atoms with Gasteiger partial charge in [0, 0.05) is 11.4 Å². The van der Waals surface area contributed by atoms with Crippen molar-refractivity contribution in [2.45, 2.75) is 25.7 Å². The van der Waals surface area contributed by atoms with Crippen LogP contribution < -0.4 is 0 Å². The third-order valence-electron chi connectivity index (χ3n) is 2.15. The van der Waals surface area contributed by atoms with Crippen LogP contribution in [0.3, 0.4) is 0 Å². The highest BCUT2D eigenvalue weighted by Crippen LogP contribution is 2.24. The maximum absolute atomic E-state index is 13.4. The van der Waals surface area contributed by atoms with E-state index >= 15 is 0 Å². The van der Waals surface area contributed by atoms with E-state index < -0.39 is 24.0 Å².